The van der Waals surface area contributed by atoms with Gasteiger partial charge in [-0.3, -0.25) is 4.79 Å². The van der Waals surface area contributed by atoms with E-state index in [0.29, 0.717) is 18.9 Å². The van der Waals surface area contributed by atoms with E-state index in [-0.39, 0.29) is 11.9 Å². The lowest BCUT2D eigenvalue weighted by Gasteiger charge is -2.34. The van der Waals surface area contributed by atoms with Gasteiger partial charge >= 0.3 is 0 Å². The summed E-state index contributed by atoms with van der Waals surface area (Å²) in [5, 5.41) is 0. The highest BCUT2D eigenvalue weighted by molar-refractivity contribution is 5.81. The summed E-state index contributed by atoms with van der Waals surface area (Å²) >= 11 is 0. The molecule has 1 amide bonds. The van der Waals surface area contributed by atoms with Crippen LogP contribution in [0.15, 0.2) is 0 Å². The summed E-state index contributed by atoms with van der Waals surface area (Å²) in [4.78, 5) is 16.3. The van der Waals surface area contributed by atoms with Gasteiger partial charge in [-0.2, -0.15) is 0 Å². The lowest BCUT2D eigenvalue weighted by Crippen LogP contribution is -2.48. The highest BCUT2D eigenvalue weighted by Crippen LogP contribution is 2.18. The van der Waals surface area contributed by atoms with Crippen molar-refractivity contribution in [2.24, 2.45) is 11.7 Å². The number of ether oxygens (including phenoxy) is 1. The van der Waals surface area contributed by atoms with Crippen LogP contribution in [0.2, 0.25) is 0 Å². The third kappa shape index (κ3) is 5.89. The molecule has 0 spiro atoms. The summed E-state index contributed by atoms with van der Waals surface area (Å²) < 4.78 is 4.98. The van der Waals surface area contributed by atoms with Crippen molar-refractivity contribution >= 4 is 5.91 Å². The maximum atomic E-state index is 12.2. The van der Waals surface area contributed by atoms with Gasteiger partial charge in [-0.1, -0.05) is 0 Å². The monoisotopic (exact) mass is 271 g/mol. The molecule has 1 aliphatic heterocycles. The van der Waals surface area contributed by atoms with Crippen molar-refractivity contribution in [1.82, 2.24) is 9.80 Å². The number of amides is 1. The summed E-state index contributed by atoms with van der Waals surface area (Å²) in [5.41, 5.74) is 5.95. The Bertz CT molecular complexity index is 263. The molecule has 1 aliphatic rings. The summed E-state index contributed by atoms with van der Waals surface area (Å²) in [7, 11) is 5.87. The fraction of sp³-hybridized carbons (Fsp3) is 0.929. The Hall–Kier alpha value is -0.650. The molecule has 5 heteroatoms. The molecule has 0 aromatic rings. The fourth-order valence-corrected chi connectivity index (χ4v) is 2.66. The Morgan fingerprint density at radius 2 is 2.05 bits per heavy atom. The van der Waals surface area contributed by atoms with Crippen molar-refractivity contribution in [1.29, 1.82) is 0 Å². The Morgan fingerprint density at radius 1 is 1.42 bits per heavy atom. The zero-order chi connectivity index (χ0) is 14.3. The van der Waals surface area contributed by atoms with E-state index in [1.807, 2.05) is 4.90 Å². The third-order valence-electron chi connectivity index (χ3n) is 3.73. The SMILES string of the molecule is COCCCC(N)C(=O)N1CCC(CN(C)C)CC1. The number of rotatable bonds is 7. The van der Waals surface area contributed by atoms with Crippen LogP contribution in [0.3, 0.4) is 0 Å². The Morgan fingerprint density at radius 3 is 2.58 bits per heavy atom. The van der Waals surface area contributed by atoms with Crippen LogP contribution in [0.25, 0.3) is 0 Å². The molecule has 2 N–H and O–H groups in total. The molecule has 1 fully saturated rings. The lowest BCUT2D eigenvalue weighted by atomic mass is 9.95. The fourth-order valence-electron chi connectivity index (χ4n) is 2.66. The van der Waals surface area contributed by atoms with Crippen LogP contribution in [0.5, 0.6) is 0 Å². The van der Waals surface area contributed by atoms with Crippen LogP contribution in [0.1, 0.15) is 25.7 Å². The van der Waals surface area contributed by atoms with Crippen molar-refractivity contribution in [3.8, 4) is 0 Å². The zero-order valence-corrected chi connectivity index (χ0v) is 12.6. The summed E-state index contributed by atoms with van der Waals surface area (Å²) in [5.74, 6) is 0.822. The van der Waals surface area contributed by atoms with Crippen molar-refractivity contribution in [3.05, 3.63) is 0 Å². The largest absolute Gasteiger partial charge is 0.385 e. The van der Waals surface area contributed by atoms with Crippen LogP contribution in [-0.2, 0) is 9.53 Å². The second kappa shape index (κ2) is 8.51. The van der Waals surface area contributed by atoms with E-state index in [1.54, 1.807) is 7.11 Å². The van der Waals surface area contributed by atoms with Gasteiger partial charge in [0.2, 0.25) is 5.91 Å². The van der Waals surface area contributed by atoms with E-state index in [1.165, 1.54) is 0 Å². The molecule has 0 radical (unpaired) electrons. The number of nitrogens with two attached hydrogens (primary N) is 1. The average Bonchev–Trinajstić information content (AvgIpc) is 2.38. The predicted octanol–water partition coefficient (Wildman–Crippen LogP) is 0.541. The molecule has 1 rings (SSSR count). The van der Waals surface area contributed by atoms with Crippen LogP contribution >= 0.6 is 0 Å². The minimum atomic E-state index is -0.361. The smallest absolute Gasteiger partial charge is 0.239 e. The summed E-state index contributed by atoms with van der Waals surface area (Å²) in [6.07, 6.45) is 3.74. The standard InChI is InChI=1S/C14H29N3O2/c1-16(2)11-12-6-8-17(9-7-12)14(18)13(15)5-4-10-19-3/h12-13H,4-11,15H2,1-3H3. The minimum absolute atomic E-state index is 0.111. The van der Waals surface area contributed by atoms with Gasteiger partial charge in [-0.05, 0) is 45.7 Å². The van der Waals surface area contributed by atoms with Crippen LogP contribution in [0.4, 0.5) is 0 Å². The predicted molar refractivity (Wildman–Crippen MR) is 76.9 cm³/mol. The number of carbonyl (C=O) groups excluding carboxylic acids is 1. The molecule has 0 saturated carbocycles. The second-order valence-corrected chi connectivity index (χ2v) is 5.77. The summed E-state index contributed by atoms with van der Waals surface area (Å²) in [6.45, 7) is 3.50. The van der Waals surface area contributed by atoms with E-state index in [2.05, 4.69) is 19.0 Å². The molecular weight excluding hydrogens is 242 g/mol. The molecule has 0 aromatic heterocycles. The number of carbonyl (C=O) groups is 1. The number of methoxy groups -OCH3 is 1. The van der Waals surface area contributed by atoms with Gasteiger partial charge in [-0.15, -0.1) is 0 Å². The highest BCUT2D eigenvalue weighted by Gasteiger charge is 2.26. The van der Waals surface area contributed by atoms with Crippen molar-refractivity contribution in [3.63, 3.8) is 0 Å². The number of hydrogen-bond donors (Lipinski definition) is 1. The molecule has 1 heterocycles. The van der Waals surface area contributed by atoms with Crippen LogP contribution < -0.4 is 5.73 Å². The Labute approximate surface area is 117 Å². The molecule has 0 bridgehead atoms. The first-order valence-corrected chi connectivity index (χ1v) is 7.22. The average molecular weight is 271 g/mol. The number of piperidine rings is 1. The second-order valence-electron chi connectivity index (χ2n) is 5.77. The van der Waals surface area contributed by atoms with Gasteiger partial charge < -0.3 is 20.3 Å². The van der Waals surface area contributed by atoms with Crippen LogP contribution in [0, 0.1) is 5.92 Å². The van der Waals surface area contributed by atoms with Crippen molar-refractivity contribution in [2.45, 2.75) is 31.7 Å². The van der Waals surface area contributed by atoms with Gasteiger partial charge in [0.25, 0.3) is 0 Å². The number of nitrogens with zero attached hydrogens (tertiary/aromatic N) is 2. The molecular formula is C14H29N3O2. The molecule has 5 nitrogen and oxygen atoms in total. The van der Waals surface area contributed by atoms with Crippen molar-refractivity contribution < 1.29 is 9.53 Å². The maximum absolute atomic E-state index is 12.2. The zero-order valence-electron chi connectivity index (χ0n) is 12.6. The number of hydrogen-bond acceptors (Lipinski definition) is 4. The molecule has 1 unspecified atom stereocenters. The van der Waals surface area contributed by atoms with Gasteiger partial charge in [-0.25, -0.2) is 0 Å². The van der Waals surface area contributed by atoms with Gasteiger partial charge in [0.1, 0.15) is 0 Å². The normalized spacial score (nSPS) is 18.9. The topological polar surface area (TPSA) is 58.8 Å². The summed E-state index contributed by atoms with van der Waals surface area (Å²) in [6, 6.07) is -0.361. The first-order chi connectivity index (χ1) is 9.04. The third-order valence-corrected chi connectivity index (χ3v) is 3.73. The maximum Gasteiger partial charge on any atom is 0.239 e. The van der Waals surface area contributed by atoms with Gasteiger partial charge in [0, 0.05) is 33.4 Å². The molecule has 1 saturated heterocycles. The van der Waals surface area contributed by atoms with E-state index in [9.17, 15) is 4.79 Å². The first-order valence-electron chi connectivity index (χ1n) is 7.22. The Balaban J connectivity index is 2.27. The quantitative estimate of drug-likeness (QED) is 0.687. The highest BCUT2D eigenvalue weighted by atomic mass is 16.5. The minimum Gasteiger partial charge on any atom is -0.385 e. The molecule has 0 aromatic carbocycles. The van der Waals surface area contributed by atoms with Crippen LogP contribution in [-0.4, -0.2) is 69.2 Å². The van der Waals surface area contributed by atoms with E-state index < -0.39 is 0 Å². The van der Waals surface area contributed by atoms with Gasteiger partial charge in [0.15, 0.2) is 0 Å². The molecule has 112 valence electrons. The van der Waals surface area contributed by atoms with Gasteiger partial charge in [0.05, 0.1) is 6.04 Å². The molecule has 1 atom stereocenters. The Kier molecular flexibility index (Phi) is 7.34. The number of likely N-dealkylation sites (tertiary alicyclic amines) is 1. The van der Waals surface area contributed by atoms with E-state index in [0.717, 1.165) is 38.9 Å². The lowest BCUT2D eigenvalue weighted by molar-refractivity contribution is -0.134. The van der Waals surface area contributed by atoms with E-state index in [4.69, 9.17) is 10.5 Å². The molecule has 0 aliphatic carbocycles. The first kappa shape index (κ1) is 16.4. The molecule has 19 heavy (non-hydrogen) atoms. The van der Waals surface area contributed by atoms with E-state index >= 15 is 0 Å². The van der Waals surface area contributed by atoms with Crippen molar-refractivity contribution in [2.75, 3.05) is 47.4 Å².